The molecule has 2 aromatic heterocycles. The van der Waals surface area contributed by atoms with Crippen molar-refractivity contribution in [1.29, 1.82) is 0 Å². The second kappa shape index (κ2) is 11.6. The lowest BCUT2D eigenvalue weighted by Gasteiger charge is -2.31. The Balaban J connectivity index is 1.22. The first-order valence-electron chi connectivity index (χ1n) is 14.3. The molecular formula is C30H34N4O5S2. The zero-order valence-corrected chi connectivity index (χ0v) is 24.4. The molecule has 1 aromatic carbocycles. The summed E-state index contributed by atoms with van der Waals surface area (Å²) in [7, 11) is -3.82. The summed E-state index contributed by atoms with van der Waals surface area (Å²) in [5.74, 6) is -0.868. The van der Waals surface area contributed by atoms with Gasteiger partial charge in [0, 0.05) is 28.2 Å². The Morgan fingerprint density at radius 3 is 2.61 bits per heavy atom. The third-order valence-electron chi connectivity index (χ3n) is 8.70. The maximum Gasteiger partial charge on any atom is 0.253 e. The van der Waals surface area contributed by atoms with Gasteiger partial charge < -0.3 is 10.2 Å². The maximum atomic E-state index is 14.1. The summed E-state index contributed by atoms with van der Waals surface area (Å²) in [4.78, 5) is 46.5. The van der Waals surface area contributed by atoms with Crippen LogP contribution in [0.5, 0.6) is 0 Å². The molecule has 1 N–H and O–H groups in total. The second-order valence-electron chi connectivity index (χ2n) is 11.3. The molecule has 1 saturated carbocycles. The molecule has 3 fully saturated rings. The number of Topliss-reactive ketones (excluding diaryl/α,β-unsaturated/α-hetero) is 1. The molecule has 3 unspecified atom stereocenters. The average molecular weight is 595 g/mol. The van der Waals surface area contributed by atoms with Crippen molar-refractivity contribution < 1.29 is 22.8 Å². The van der Waals surface area contributed by atoms with E-state index in [1.54, 1.807) is 24.4 Å². The highest BCUT2D eigenvalue weighted by Crippen LogP contribution is 2.35. The fourth-order valence-electron chi connectivity index (χ4n) is 6.70. The van der Waals surface area contributed by atoms with E-state index in [-0.39, 0.29) is 36.4 Å². The van der Waals surface area contributed by atoms with Gasteiger partial charge >= 0.3 is 0 Å². The highest BCUT2D eigenvalue weighted by molar-refractivity contribution is 7.88. The minimum absolute atomic E-state index is 0.255. The van der Waals surface area contributed by atoms with Crippen LogP contribution in [-0.4, -0.2) is 71.4 Å². The van der Waals surface area contributed by atoms with Gasteiger partial charge in [-0.15, -0.1) is 11.3 Å². The van der Waals surface area contributed by atoms with E-state index in [9.17, 15) is 22.8 Å². The zero-order chi connectivity index (χ0) is 28.6. The van der Waals surface area contributed by atoms with Crippen LogP contribution in [0, 0.1) is 5.92 Å². The molecule has 216 valence electrons. The van der Waals surface area contributed by atoms with Gasteiger partial charge in [0.25, 0.3) is 5.91 Å². The van der Waals surface area contributed by atoms with Crippen LogP contribution in [0.2, 0.25) is 0 Å². The Hall–Kier alpha value is -3.15. The lowest BCUT2D eigenvalue weighted by atomic mass is 9.84. The number of rotatable bonds is 8. The van der Waals surface area contributed by atoms with Gasteiger partial charge in [-0.1, -0.05) is 56.4 Å². The molecule has 0 spiro atoms. The lowest BCUT2D eigenvalue weighted by Crippen LogP contribution is -2.53. The summed E-state index contributed by atoms with van der Waals surface area (Å²) in [6.45, 7) is 0.0166. The van der Waals surface area contributed by atoms with E-state index in [0.29, 0.717) is 30.0 Å². The number of ketones is 1. The number of carbonyl (C=O) groups excluding carboxylic acids is 3. The van der Waals surface area contributed by atoms with E-state index in [0.717, 1.165) is 35.8 Å². The van der Waals surface area contributed by atoms with Crippen LogP contribution in [0.25, 0.3) is 10.1 Å². The number of fused-ring (bicyclic) bond motifs is 2. The summed E-state index contributed by atoms with van der Waals surface area (Å²) in [5, 5.41) is 5.69. The number of hydrogen-bond acceptors (Lipinski definition) is 7. The number of pyridine rings is 1. The third-order valence-corrected chi connectivity index (χ3v) is 11.4. The molecule has 41 heavy (non-hydrogen) atoms. The van der Waals surface area contributed by atoms with Crippen molar-refractivity contribution in [3.63, 3.8) is 0 Å². The molecule has 11 heteroatoms. The molecule has 1 aliphatic carbocycles. The fourth-order valence-corrected chi connectivity index (χ4v) is 9.31. The number of aromatic nitrogens is 1. The van der Waals surface area contributed by atoms with Gasteiger partial charge in [0.2, 0.25) is 15.9 Å². The van der Waals surface area contributed by atoms with Gasteiger partial charge in [0.1, 0.15) is 17.8 Å². The van der Waals surface area contributed by atoms with Crippen LogP contribution in [0.4, 0.5) is 0 Å². The number of thiophene rings is 1. The van der Waals surface area contributed by atoms with Crippen molar-refractivity contribution in [2.45, 2.75) is 68.8 Å². The lowest BCUT2D eigenvalue weighted by molar-refractivity contribution is -0.138. The molecule has 2 saturated heterocycles. The topological polar surface area (TPSA) is 117 Å². The molecule has 0 radical (unpaired) electrons. The summed E-state index contributed by atoms with van der Waals surface area (Å²) in [6.07, 6.45) is 7.82. The Bertz CT molecular complexity index is 1550. The number of likely N-dealkylation sites (tertiary alicyclic amines) is 1. The van der Waals surface area contributed by atoms with Crippen LogP contribution in [0.1, 0.15) is 61.0 Å². The van der Waals surface area contributed by atoms with E-state index < -0.39 is 28.1 Å². The monoisotopic (exact) mass is 594 g/mol. The molecule has 2 amide bonds. The van der Waals surface area contributed by atoms with Gasteiger partial charge in [-0.05, 0) is 37.0 Å². The van der Waals surface area contributed by atoms with Crippen LogP contribution < -0.4 is 5.32 Å². The predicted octanol–water partition coefficient (Wildman–Crippen LogP) is 3.75. The molecule has 6 rings (SSSR count). The Kier molecular flexibility index (Phi) is 7.93. The standard InChI is InChI=1S/C30H34N4O5S2/c35-26-17-34(41(38,39)19-21-10-6-7-14-31-21)25-13-15-33(28(25)26)30(37)24(16-20-8-2-1-3-9-20)32-29(36)23-18-40-27-12-5-4-11-22(23)27/h4-7,10-12,14,18,20,24-25,28H,1-3,8-9,13,15-17,19H2,(H,32,36). The molecule has 2 aliphatic heterocycles. The van der Waals surface area contributed by atoms with E-state index in [1.807, 2.05) is 29.6 Å². The molecule has 3 aliphatic rings. The number of benzene rings is 1. The van der Waals surface area contributed by atoms with Crippen LogP contribution in [-0.2, 0) is 25.4 Å². The Morgan fingerprint density at radius 2 is 1.83 bits per heavy atom. The quantitative estimate of drug-likeness (QED) is 0.425. The van der Waals surface area contributed by atoms with Crippen molar-refractivity contribution >= 4 is 49.0 Å². The Morgan fingerprint density at radius 1 is 1.05 bits per heavy atom. The fraction of sp³-hybridized carbons (Fsp3) is 0.467. The molecule has 0 bridgehead atoms. The van der Waals surface area contributed by atoms with Gasteiger partial charge in [0.05, 0.1) is 23.8 Å². The van der Waals surface area contributed by atoms with Crippen LogP contribution in [0.15, 0.2) is 54.0 Å². The van der Waals surface area contributed by atoms with E-state index in [2.05, 4.69) is 10.3 Å². The van der Waals surface area contributed by atoms with Crippen LogP contribution >= 0.6 is 11.3 Å². The number of amides is 2. The minimum atomic E-state index is -3.82. The number of carbonyl (C=O) groups is 3. The summed E-state index contributed by atoms with van der Waals surface area (Å²) >= 11 is 1.49. The number of nitrogens with zero attached hydrogens (tertiary/aromatic N) is 3. The largest absolute Gasteiger partial charge is 0.340 e. The number of hydrogen-bond donors (Lipinski definition) is 1. The SMILES string of the molecule is O=C(NC(CC1CCCCC1)C(=O)N1CCC2C1C(=O)CN2S(=O)(=O)Cc1ccccn1)c1csc2ccccc12. The van der Waals surface area contributed by atoms with E-state index >= 15 is 0 Å². The number of nitrogens with one attached hydrogen (secondary N) is 1. The number of sulfonamides is 1. The van der Waals surface area contributed by atoms with Crippen molar-refractivity contribution in [3.05, 3.63) is 65.3 Å². The van der Waals surface area contributed by atoms with Crippen molar-refractivity contribution in [2.24, 2.45) is 5.92 Å². The van der Waals surface area contributed by atoms with Crippen LogP contribution in [0.3, 0.4) is 0 Å². The molecule has 4 heterocycles. The molecular weight excluding hydrogens is 560 g/mol. The van der Waals surface area contributed by atoms with E-state index in [4.69, 9.17) is 0 Å². The third kappa shape index (κ3) is 5.67. The predicted molar refractivity (Wildman–Crippen MR) is 157 cm³/mol. The van der Waals surface area contributed by atoms with E-state index in [1.165, 1.54) is 27.0 Å². The van der Waals surface area contributed by atoms with Gasteiger partial charge in [-0.25, -0.2) is 8.42 Å². The first-order chi connectivity index (χ1) is 19.8. The highest BCUT2D eigenvalue weighted by Gasteiger charge is 2.54. The van der Waals surface area contributed by atoms with Crippen molar-refractivity contribution in [3.8, 4) is 0 Å². The van der Waals surface area contributed by atoms with Gasteiger partial charge in [-0.3, -0.25) is 19.4 Å². The second-order valence-corrected chi connectivity index (χ2v) is 14.2. The first kappa shape index (κ1) is 28.0. The molecule has 3 atom stereocenters. The van der Waals surface area contributed by atoms with Crippen molar-refractivity contribution in [1.82, 2.24) is 19.5 Å². The summed E-state index contributed by atoms with van der Waals surface area (Å²) < 4.78 is 28.9. The normalized spacial score (nSPS) is 22.6. The maximum absolute atomic E-state index is 14.1. The minimum Gasteiger partial charge on any atom is -0.340 e. The average Bonchev–Trinajstić information content (AvgIpc) is 3.69. The molecule has 9 nitrogen and oxygen atoms in total. The first-order valence-corrected chi connectivity index (χ1v) is 16.8. The summed E-state index contributed by atoms with van der Waals surface area (Å²) in [6, 6.07) is 10.5. The van der Waals surface area contributed by atoms with Gasteiger partial charge in [0.15, 0.2) is 5.78 Å². The molecule has 3 aromatic rings. The van der Waals surface area contributed by atoms with Gasteiger partial charge in [-0.2, -0.15) is 4.31 Å². The smallest absolute Gasteiger partial charge is 0.253 e. The van der Waals surface area contributed by atoms with Crippen molar-refractivity contribution in [2.75, 3.05) is 13.1 Å². The zero-order valence-electron chi connectivity index (χ0n) is 22.8. The Labute approximate surface area is 244 Å². The highest BCUT2D eigenvalue weighted by atomic mass is 32.2. The summed E-state index contributed by atoms with van der Waals surface area (Å²) in [5.41, 5.74) is 0.945.